The monoisotopic (exact) mass is 272 g/mol. The smallest absolute Gasteiger partial charge is 0.0837 e. The number of hydrogen-bond donors (Lipinski definition) is 1. The van der Waals surface area contributed by atoms with Crippen molar-refractivity contribution in [1.82, 2.24) is 5.32 Å². The summed E-state index contributed by atoms with van der Waals surface area (Å²) in [5.74, 6) is -0.0779. The van der Waals surface area contributed by atoms with Gasteiger partial charge >= 0.3 is 0 Å². The van der Waals surface area contributed by atoms with E-state index in [0.29, 0.717) is 12.6 Å². The Labute approximate surface area is 121 Å². The number of nitrogens with one attached hydrogen (secondary N) is 1. The molecule has 0 aliphatic heterocycles. The van der Waals surface area contributed by atoms with Crippen LogP contribution in [0.4, 0.5) is 0 Å². The molecule has 0 heterocycles. The van der Waals surface area contributed by atoms with Crippen molar-refractivity contribution in [2.45, 2.75) is 44.1 Å². The summed E-state index contributed by atoms with van der Waals surface area (Å²) in [6.07, 6.45) is 6.87. The van der Waals surface area contributed by atoms with Crippen LogP contribution in [-0.2, 0) is 4.74 Å². The molecule has 0 bridgehead atoms. The van der Waals surface area contributed by atoms with Gasteiger partial charge in [0.05, 0.1) is 24.7 Å². The molecule has 1 unspecified atom stereocenters. The first kappa shape index (κ1) is 15.0. The van der Waals surface area contributed by atoms with Gasteiger partial charge in [-0.05, 0) is 18.4 Å². The highest BCUT2D eigenvalue weighted by Gasteiger charge is 2.13. The van der Waals surface area contributed by atoms with Gasteiger partial charge in [-0.25, -0.2) is 0 Å². The van der Waals surface area contributed by atoms with Crippen LogP contribution >= 0.6 is 0 Å². The zero-order valence-electron chi connectivity index (χ0n) is 12.1. The van der Waals surface area contributed by atoms with Gasteiger partial charge in [-0.1, -0.05) is 49.6 Å². The topological polar surface area (TPSA) is 45.0 Å². The highest BCUT2D eigenvalue weighted by atomic mass is 16.5. The molecule has 1 N–H and O–H groups in total. The molecular weight excluding hydrogens is 248 g/mol. The van der Waals surface area contributed by atoms with Crippen LogP contribution in [0.25, 0.3) is 0 Å². The maximum absolute atomic E-state index is 9.22. The Kier molecular flexibility index (Phi) is 6.56. The minimum absolute atomic E-state index is 0.0779. The fraction of sp³-hybridized carbons (Fsp3) is 0.588. The minimum Gasteiger partial charge on any atom is -0.377 e. The van der Waals surface area contributed by atoms with Crippen molar-refractivity contribution in [2.24, 2.45) is 0 Å². The SMILES string of the molecule is N#CC(CNCCOC1CCCCC1)c1ccccc1. The van der Waals surface area contributed by atoms with E-state index in [4.69, 9.17) is 4.74 Å². The van der Waals surface area contributed by atoms with Crippen LogP contribution < -0.4 is 5.32 Å². The Morgan fingerprint density at radius 3 is 2.65 bits per heavy atom. The Hall–Kier alpha value is -1.37. The normalized spacial score (nSPS) is 17.6. The number of nitrogens with zero attached hydrogens (tertiary/aromatic N) is 1. The van der Waals surface area contributed by atoms with Gasteiger partial charge < -0.3 is 10.1 Å². The molecule has 1 atom stereocenters. The summed E-state index contributed by atoms with van der Waals surface area (Å²) in [7, 11) is 0. The molecule has 0 saturated heterocycles. The third kappa shape index (κ3) is 4.96. The van der Waals surface area contributed by atoms with E-state index < -0.39 is 0 Å². The highest BCUT2D eigenvalue weighted by molar-refractivity contribution is 5.24. The van der Waals surface area contributed by atoms with E-state index in [1.54, 1.807) is 0 Å². The average Bonchev–Trinajstić information content (AvgIpc) is 2.53. The van der Waals surface area contributed by atoms with Gasteiger partial charge in [-0.2, -0.15) is 5.26 Å². The van der Waals surface area contributed by atoms with Crippen LogP contribution in [0.2, 0.25) is 0 Å². The lowest BCUT2D eigenvalue weighted by molar-refractivity contribution is 0.0303. The molecule has 3 heteroatoms. The Bertz CT molecular complexity index is 407. The molecule has 108 valence electrons. The lowest BCUT2D eigenvalue weighted by Crippen LogP contribution is -2.27. The lowest BCUT2D eigenvalue weighted by atomic mass is 9.98. The average molecular weight is 272 g/mol. The van der Waals surface area contributed by atoms with Gasteiger partial charge in [-0.15, -0.1) is 0 Å². The molecule has 0 aromatic heterocycles. The van der Waals surface area contributed by atoms with Crippen LogP contribution in [0.1, 0.15) is 43.6 Å². The number of benzene rings is 1. The van der Waals surface area contributed by atoms with Gasteiger partial charge in [0.1, 0.15) is 0 Å². The number of rotatable bonds is 7. The van der Waals surface area contributed by atoms with Crippen LogP contribution in [0.3, 0.4) is 0 Å². The van der Waals surface area contributed by atoms with E-state index in [2.05, 4.69) is 11.4 Å². The molecule has 1 fully saturated rings. The van der Waals surface area contributed by atoms with Gasteiger partial charge in [-0.3, -0.25) is 0 Å². The largest absolute Gasteiger partial charge is 0.377 e. The predicted molar refractivity (Wildman–Crippen MR) is 80.5 cm³/mol. The third-order valence-electron chi connectivity index (χ3n) is 3.89. The molecule has 0 spiro atoms. The van der Waals surface area contributed by atoms with E-state index in [9.17, 15) is 5.26 Å². The molecule has 1 aliphatic carbocycles. The summed E-state index contributed by atoms with van der Waals surface area (Å²) in [6.45, 7) is 2.26. The first-order valence-corrected chi connectivity index (χ1v) is 7.67. The third-order valence-corrected chi connectivity index (χ3v) is 3.89. The highest BCUT2D eigenvalue weighted by Crippen LogP contribution is 2.19. The second-order valence-corrected chi connectivity index (χ2v) is 5.43. The summed E-state index contributed by atoms with van der Waals surface area (Å²) >= 11 is 0. The van der Waals surface area contributed by atoms with Crippen molar-refractivity contribution in [2.75, 3.05) is 19.7 Å². The quantitative estimate of drug-likeness (QED) is 0.775. The maximum atomic E-state index is 9.22. The second-order valence-electron chi connectivity index (χ2n) is 5.43. The standard InChI is InChI=1S/C17H24N2O/c18-13-16(15-7-3-1-4-8-15)14-19-11-12-20-17-9-5-2-6-10-17/h1,3-4,7-8,16-17,19H,2,5-6,9-12,14H2. The van der Waals surface area contributed by atoms with Gasteiger partial charge in [0.15, 0.2) is 0 Å². The molecule has 20 heavy (non-hydrogen) atoms. The number of hydrogen-bond acceptors (Lipinski definition) is 3. The number of ether oxygens (including phenoxy) is 1. The van der Waals surface area contributed by atoms with Crippen molar-refractivity contribution >= 4 is 0 Å². The zero-order chi connectivity index (χ0) is 14.0. The zero-order valence-corrected chi connectivity index (χ0v) is 12.1. The molecular formula is C17H24N2O. The Morgan fingerprint density at radius 2 is 1.95 bits per heavy atom. The van der Waals surface area contributed by atoms with Crippen LogP contribution in [0.15, 0.2) is 30.3 Å². The molecule has 0 radical (unpaired) electrons. The van der Waals surface area contributed by atoms with Crippen molar-refractivity contribution in [1.29, 1.82) is 5.26 Å². The lowest BCUT2D eigenvalue weighted by Gasteiger charge is -2.22. The predicted octanol–water partition coefficient (Wildman–Crippen LogP) is 3.23. The second kappa shape index (κ2) is 8.73. The van der Waals surface area contributed by atoms with Crippen molar-refractivity contribution in [3.8, 4) is 6.07 Å². The summed E-state index contributed by atoms with van der Waals surface area (Å²) in [6, 6.07) is 12.3. The number of nitriles is 1. The fourth-order valence-electron chi connectivity index (χ4n) is 2.70. The molecule has 1 aromatic rings. The molecule has 0 amide bonds. The van der Waals surface area contributed by atoms with E-state index in [0.717, 1.165) is 18.7 Å². The molecule has 3 nitrogen and oxygen atoms in total. The van der Waals surface area contributed by atoms with Crippen LogP contribution in [0, 0.1) is 11.3 Å². The fourth-order valence-corrected chi connectivity index (χ4v) is 2.70. The molecule has 1 aliphatic rings. The van der Waals surface area contributed by atoms with Crippen molar-refractivity contribution < 1.29 is 4.74 Å². The summed E-state index contributed by atoms with van der Waals surface area (Å²) < 4.78 is 5.86. The molecule has 1 saturated carbocycles. The van der Waals surface area contributed by atoms with E-state index in [-0.39, 0.29) is 5.92 Å². The van der Waals surface area contributed by atoms with E-state index in [1.165, 1.54) is 32.1 Å². The molecule has 2 rings (SSSR count). The Balaban J connectivity index is 1.61. The minimum atomic E-state index is -0.0779. The van der Waals surface area contributed by atoms with Gasteiger partial charge in [0.2, 0.25) is 0 Å². The summed E-state index contributed by atoms with van der Waals surface area (Å²) in [5, 5.41) is 12.5. The van der Waals surface area contributed by atoms with E-state index >= 15 is 0 Å². The Morgan fingerprint density at radius 1 is 1.20 bits per heavy atom. The van der Waals surface area contributed by atoms with E-state index in [1.807, 2.05) is 30.3 Å². The van der Waals surface area contributed by atoms with Crippen LogP contribution in [-0.4, -0.2) is 25.8 Å². The van der Waals surface area contributed by atoms with Crippen molar-refractivity contribution in [3.05, 3.63) is 35.9 Å². The summed E-state index contributed by atoms with van der Waals surface area (Å²) in [5.41, 5.74) is 1.08. The van der Waals surface area contributed by atoms with Gasteiger partial charge in [0.25, 0.3) is 0 Å². The first-order valence-electron chi connectivity index (χ1n) is 7.67. The van der Waals surface area contributed by atoms with Crippen molar-refractivity contribution in [3.63, 3.8) is 0 Å². The first-order chi connectivity index (χ1) is 9.90. The molecule has 1 aromatic carbocycles. The summed E-state index contributed by atoms with van der Waals surface area (Å²) in [4.78, 5) is 0. The van der Waals surface area contributed by atoms with Gasteiger partial charge in [0, 0.05) is 13.1 Å². The maximum Gasteiger partial charge on any atom is 0.0837 e. The van der Waals surface area contributed by atoms with Crippen LogP contribution in [0.5, 0.6) is 0 Å².